The number of hydrogen-bond donors (Lipinski definition) is 2. The molecule has 1 heterocycles. The van der Waals surface area contributed by atoms with E-state index >= 15 is 0 Å². The molecule has 3 aromatic rings. The molecule has 5 heteroatoms. The van der Waals surface area contributed by atoms with Gasteiger partial charge in [0.05, 0.1) is 11.9 Å². The van der Waals surface area contributed by atoms with E-state index in [9.17, 15) is 4.79 Å². The molecule has 2 N–H and O–H groups in total. The monoisotopic (exact) mass is 390 g/mol. The van der Waals surface area contributed by atoms with Crippen molar-refractivity contribution < 1.29 is 4.79 Å². The summed E-state index contributed by atoms with van der Waals surface area (Å²) in [5, 5.41) is 11.3. The maximum atomic E-state index is 12.5. The molecular weight excluding hydrogens is 360 g/mol. The van der Waals surface area contributed by atoms with Crippen molar-refractivity contribution >= 4 is 28.3 Å². The first-order valence-corrected chi connectivity index (χ1v) is 10.8. The van der Waals surface area contributed by atoms with E-state index in [1.807, 2.05) is 30.3 Å². The summed E-state index contributed by atoms with van der Waals surface area (Å²) >= 11 is 0. The van der Waals surface area contributed by atoms with E-state index in [-0.39, 0.29) is 5.91 Å². The van der Waals surface area contributed by atoms with Gasteiger partial charge in [-0.2, -0.15) is 5.10 Å². The number of carbonyl (C=O) groups is 1. The Morgan fingerprint density at radius 2 is 1.93 bits per heavy atom. The molecule has 29 heavy (non-hydrogen) atoms. The molecule has 0 aliphatic heterocycles. The second kappa shape index (κ2) is 9.12. The maximum absolute atomic E-state index is 12.5. The first-order chi connectivity index (χ1) is 14.2. The fraction of sp³-hybridized carbons (Fsp3) is 0.417. The Kier molecular flexibility index (Phi) is 6.13. The summed E-state index contributed by atoms with van der Waals surface area (Å²) in [7, 11) is 0. The van der Waals surface area contributed by atoms with Crippen LogP contribution in [-0.2, 0) is 11.2 Å². The standard InChI is InChI=1S/C24H30N4O/c1-2-28(17-19-11-7-4-8-12-19)20-13-14-22-21(16-20)24(27-26-22)25-23(29)15-18-9-5-3-6-10-18/h3,5-6,9-10,13-14,16,19H,2,4,7-8,11-12,15,17H2,1H3,(H2,25,26,27,29). The van der Waals surface area contributed by atoms with Gasteiger partial charge in [0.1, 0.15) is 0 Å². The van der Waals surface area contributed by atoms with Crippen molar-refractivity contribution in [3.63, 3.8) is 0 Å². The molecule has 152 valence electrons. The molecule has 1 aliphatic carbocycles. The number of fused-ring (bicyclic) bond motifs is 1. The highest BCUT2D eigenvalue weighted by Gasteiger charge is 2.18. The molecule has 0 unspecified atom stereocenters. The Morgan fingerprint density at radius 1 is 1.14 bits per heavy atom. The number of H-pyrrole nitrogens is 1. The lowest BCUT2D eigenvalue weighted by molar-refractivity contribution is -0.115. The summed E-state index contributed by atoms with van der Waals surface area (Å²) in [6, 6.07) is 16.2. The van der Waals surface area contributed by atoms with Gasteiger partial charge >= 0.3 is 0 Å². The molecule has 0 saturated heterocycles. The van der Waals surface area contributed by atoms with Crippen LogP contribution in [0.5, 0.6) is 0 Å². The molecule has 4 rings (SSSR count). The van der Waals surface area contributed by atoms with Crippen molar-refractivity contribution in [2.75, 3.05) is 23.3 Å². The van der Waals surface area contributed by atoms with E-state index in [0.717, 1.165) is 35.5 Å². The number of nitrogens with one attached hydrogen (secondary N) is 2. The van der Waals surface area contributed by atoms with Crippen LogP contribution in [0.25, 0.3) is 10.9 Å². The average molecular weight is 391 g/mol. The topological polar surface area (TPSA) is 61.0 Å². The van der Waals surface area contributed by atoms with Crippen LogP contribution in [-0.4, -0.2) is 29.2 Å². The minimum Gasteiger partial charge on any atom is -0.372 e. The van der Waals surface area contributed by atoms with E-state index in [2.05, 4.69) is 45.5 Å². The van der Waals surface area contributed by atoms with Crippen molar-refractivity contribution in [1.82, 2.24) is 10.2 Å². The summed E-state index contributed by atoms with van der Waals surface area (Å²) in [6.45, 7) is 4.30. The van der Waals surface area contributed by atoms with E-state index in [1.165, 1.54) is 37.8 Å². The predicted octanol–water partition coefficient (Wildman–Crippen LogP) is 5.15. The lowest BCUT2D eigenvalue weighted by Gasteiger charge is -2.30. The molecule has 0 bridgehead atoms. The van der Waals surface area contributed by atoms with Gasteiger partial charge in [0.2, 0.25) is 5.91 Å². The second-order valence-electron chi connectivity index (χ2n) is 8.06. The SMILES string of the molecule is CCN(CC1CCCCC1)c1ccc2[nH]nc(NC(=O)Cc3ccccc3)c2c1. The zero-order valence-corrected chi connectivity index (χ0v) is 17.2. The van der Waals surface area contributed by atoms with Crippen molar-refractivity contribution in [3.05, 3.63) is 54.1 Å². The molecule has 1 saturated carbocycles. The van der Waals surface area contributed by atoms with E-state index in [1.54, 1.807) is 0 Å². The minimum absolute atomic E-state index is 0.0513. The number of aromatic amines is 1. The van der Waals surface area contributed by atoms with Crippen LogP contribution in [0.15, 0.2) is 48.5 Å². The number of nitrogens with zero attached hydrogens (tertiary/aromatic N) is 2. The lowest BCUT2D eigenvalue weighted by Crippen LogP contribution is -2.30. The average Bonchev–Trinajstić information content (AvgIpc) is 3.15. The number of hydrogen-bond acceptors (Lipinski definition) is 3. The smallest absolute Gasteiger partial charge is 0.230 e. The van der Waals surface area contributed by atoms with Gasteiger partial charge in [-0.3, -0.25) is 9.89 Å². The fourth-order valence-electron chi connectivity index (χ4n) is 4.35. The summed E-state index contributed by atoms with van der Waals surface area (Å²) in [4.78, 5) is 14.9. The molecular formula is C24H30N4O. The van der Waals surface area contributed by atoms with Crippen molar-refractivity contribution in [3.8, 4) is 0 Å². The highest BCUT2D eigenvalue weighted by molar-refractivity contribution is 6.01. The van der Waals surface area contributed by atoms with Crippen LogP contribution in [0.1, 0.15) is 44.6 Å². The molecule has 1 aromatic heterocycles. The van der Waals surface area contributed by atoms with Crippen LogP contribution in [0.2, 0.25) is 0 Å². The zero-order chi connectivity index (χ0) is 20.1. The number of carbonyl (C=O) groups excluding carboxylic acids is 1. The van der Waals surface area contributed by atoms with Gasteiger partial charge in [0, 0.05) is 24.2 Å². The Labute approximate surface area is 172 Å². The molecule has 5 nitrogen and oxygen atoms in total. The van der Waals surface area contributed by atoms with Crippen molar-refractivity contribution in [2.45, 2.75) is 45.4 Å². The van der Waals surface area contributed by atoms with Gasteiger partial charge in [-0.25, -0.2) is 0 Å². The third kappa shape index (κ3) is 4.78. The Hall–Kier alpha value is -2.82. The summed E-state index contributed by atoms with van der Waals surface area (Å²) in [5.74, 6) is 1.34. The number of aromatic nitrogens is 2. The van der Waals surface area contributed by atoms with Gasteiger partial charge in [-0.15, -0.1) is 0 Å². The molecule has 1 fully saturated rings. The highest BCUT2D eigenvalue weighted by atomic mass is 16.1. The molecule has 1 aliphatic rings. The Balaban J connectivity index is 1.49. The fourth-order valence-corrected chi connectivity index (χ4v) is 4.35. The van der Waals surface area contributed by atoms with E-state index < -0.39 is 0 Å². The molecule has 0 spiro atoms. The zero-order valence-electron chi connectivity index (χ0n) is 17.2. The van der Waals surface area contributed by atoms with Crippen molar-refractivity contribution in [1.29, 1.82) is 0 Å². The van der Waals surface area contributed by atoms with Crippen LogP contribution in [0.3, 0.4) is 0 Å². The molecule has 0 atom stereocenters. The maximum Gasteiger partial charge on any atom is 0.230 e. The third-order valence-corrected chi connectivity index (χ3v) is 5.96. The van der Waals surface area contributed by atoms with Crippen LogP contribution < -0.4 is 10.2 Å². The van der Waals surface area contributed by atoms with Gasteiger partial charge in [0.15, 0.2) is 5.82 Å². The minimum atomic E-state index is -0.0513. The highest BCUT2D eigenvalue weighted by Crippen LogP contribution is 2.29. The predicted molar refractivity (Wildman–Crippen MR) is 119 cm³/mol. The van der Waals surface area contributed by atoms with E-state index in [4.69, 9.17) is 0 Å². The number of rotatable bonds is 7. The van der Waals surface area contributed by atoms with Gasteiger partial charge in [-0.05, 0) is 49.4 Å². The molecule has 2 aromatic carbocycles. The van der Waals surface area contributed by atoms with Crippen LogP contribution >= 0.6 is 0 Å². The summed E-state index contributed by atoms with van der Waals surface area (Å²) in [6.07, 6.45) is 7.13. The van der Waals surface area contributed by atoms with Crippen LogP contribution in [0, 0.1) is 5.92 Å². The number of amides is 1. The quantitative estimate of drug-likeness (QED) is 0.586. The summed E-state index contributed by atoms with van der Waals surface area (Å²) in [5.41, 5.74) is 3.14. The third-order valence-electron chi connectivity index (χ3n) is 5.96. The first-order valence-electron chi connectivity index (χ1n) is 10.8. The summed E-state index contributed by atoms with van der Waals surface area (Å²) < 4.78 is 0. The normalized spacial score (nSPS) is 14.8. The number of anilines is 2. The van der Waals surface area contributed by atoms with Gasteiger partial charge in [-0.1, -0.05) is 49.6 Å². The van der Waals surface area contributed by atoms with Crippen LogP contribution in [0.4, 0.5) is 11.5 Å². The molecule has 0 radical (unpaired) electrons. The largest absolute Gasteiger partial charge is 0.372 e. The van der Waals surface area contributed by atoms with Gasteiger partial charge in [0.25, 0.3) is 0 Å². The number of benzene rings is 2. The second-order valence-corrected chi connectivity index (χ2v) is 8.06. The lowest BCUT2D eigenvalue weighted by atomic mass is 9.89. The van der Waals surface area contributed by atoms with E-state index in [0.29, 0.717) is 12.2 Å². The molecule has 1 amide bonds. The van der Waals surface area contributed by atoms with Gasteiger partial charge < -0.3 is 10.2 Å². The Morgan fingerprint density at radius 3 is 2.69 bits per heavy atom. The first kappa shape index (κ1) is 19.5. The Bertz CT molecular complexity index is 944. The van der Waals surface area contributed by atoms with Crippen molar-refractivity contribution in [2.24, 2.45) is 5.92 Å².